The number of nitrogens with zero attached hydrogens (tertiary/aromatic N) is 2. The molecule has 0 aromatic carbocycles. The van der Waals surface area contributed by atoms with E-state index >= 15 is 0 Å². The molecule has 2 N–H and O–H groups in total. The molecule has 4 rings (SSSR count). The monoisotopic (exact) mass is 373 g/mol. The number of amides is 2. The van der Waals surface area contributed by atoms with Gasteiger partial charge in [0.25, 0.3) is 5.56 Å². The first-order valence-corrected chi connectivity index (χ1v) is 9.99. The molecule has 0 spiro atoms. The van der Waals surface area contributed by atoms with Crippen molar-refractivity contribution in [3.05, 3.63) is 34.2 Å². The fraction of sp³-hybridized carbons (Fsp3) is 0.650. The second kappa shape index (κ2) is 7.11. The largest absolute Gasteiger partial charge is 0.396 e. The highest BCUT2D eigenvalue weighted by Gasteiger charge is 2.58. The number of aliphatic hydroxyl groups excluding tert-OH is 1. The Hall–Kier alpha value is -2.15. The lowest BCUT2D eigenvalue weighted by Gasteiger charge is -2.36. The SMILES string of the molecule is CCCNC(=O)[C@H]1[C@H](CO)[C@H]2Cn3c(cccc3=O)[C@H]2N1C(=O)C1CCC1. The molecule has 2 aliphatic heterocycles. The Kier molecular flexibility index (Phi) is 4.80. The molecule has 146 valence electrons. The highest BCUT2D eigenvalue weighted by atomic mass is 16.3. The van der Waals surface area contributed by atoms with E-state index in [9.17, 15) is 19.5 Å². The summed E-state index contributed by atoms with van der Waals surface area (Å²) in [7, 11) is 0. The summed E-state index contributed by atoms with van der Waals surface area (Å²) in [5.41, 5.74) is 0.686. The molecule has 7 heteroatoms. The number of carbonyl (C=O) groups excluding carboxylic acids is 2. The van der Waals surface area contributed by atoms with Gasteiger partial charge in [0.15, 0.2) is 0 Å². The third-order valence-electron chi connectivity index (χ3n) is 6.48. The van der Waals surface area contributed by atoms with Crippen LogP contribution >= 0.6 is 0 Å². The number of pyridine rings is 1. The fourth-order valence-corrected chi connectivity index (χ4v) is 4.90. The van der Waals surface area contributed by atoms with Crippen LogP contribution in [0.1, 0.15) is 44.3 Å². The molecule has 2 fully saturated rings. The minimum atomic E-state index is -0.672. The zero-order chi connectivity index (χ0) is 19.1. The lowest BCUT2D eigenvalue weighted by atomic mass is 9.84. The third kappa shape index (κ3) is 2.79. The van der Waals surface area contributed by atoms with E-state index < -0.39 is 6.04 Å². The Labute approximate surface area is 158 Å². The van der Waals surface area contributed by atoms with E-state index in [1.165, 1.54) is 6.07 Å². The van der Waals surface area contributed by atoms with Crippen LogP contribution in [0.4, 0.5) is 0 Å². The minimum absolute atomic E-state index is 0.00593. The molecule has 2 amide bonds. The fourth-order valence-electron chi connectivity index (χ4n) is 4.90. The average Bonchev–Trinajstić information content (AvgIpc) is 3.13. The second-order valence-corrected chi connectivity index (χ2v) is 7.96. The van der Waals surface area contributed by atoms with Gasteiger partial charge in [-0.2, -0.15) is 0 Å². The zero-order valence-electron chi connectivity index (χ0n) is 15.6. The highest BCUT2D eigenvalue weighted by Crippen LogP contribution is 2.50. The van der Waals surface area contributed by atoms with Gasteiger partial charge in [-0.25, -0.2) is 0 Å². The smallest absolute Gasteiger partial charge is 0.250 e. The number of nitrogens with one attached hydrogen (secondary N) is 1. The van der Waals surface area contributed by atoms with Crippen LogP contribution in [0.25, 0.3) is 0 Å². The van der Waals surface area contributed by atoms with Gasteiger partial charge >= 0.3 is 0 Å². The van der Waals surface area contributed by atoms with Crippen molar-refractivity contribution in [2.75, 3.05) is 13.2 Å². The normalized spacial score (nSPS) is 29.2. The summed E-state index contributed by atoms with van der Waals surface area (Å²) in [5, 5.41) is 13.0. The number of rotatable bonds is 5. The summed E-state index contributed by atoms with van der Waals surface area (Å²) in [6.45, 7) is 2.79. The number of hydrogen-bond donors (Lipinski definition) is 2. The molecular weight excluding hydrogens is 346 g/mol. The van der Waals surface area contributed by atoms with E-state index in [-0.39, 0.29) is 47.8 Å². The maximum Gasteiger partial charge on any atom is 0.250 e. The van der Waals surface area contributed by atoms with Crippen LogP contribution < -0.4 is 10.9 Å². The molecular formula is C20H27N3O4. The summed E-state index contributed by atoms with van der Waals surface area (Å²) in [6, 6.07) is 4.10. The van der Waals surface area contributed by atoms with Crippen molar-refractivity contribution in [1.82, 2.24) is 14.8 Å². The van der Waals surface area contributed by atoms with Crippen LogP contribution in [0.3, 0.4) is 0 Å². The lowest BCUT2D eigenvalue weighted by Crippen LogP contribution is -2.52. The Morgan fingerprint density at radius 2 is 2.07 bits per heavy atom. The first-order chi connectivity index (χ1) is 13.1. The summed E-state index contributed by atoms with van der Waals surface area (Å²) in [6.07, 6.45) is 3.54. The maximum absolute atomic E-state index is 13.3. The molecule has 1 aromatic heterocycles. The van der Waals surface area contributed by atoms with Crippen molar-refractivity contribution in [1.29, 1.82) is 0 Å². The maximum atomic E-state index is 13.3. The minimum Gasteiger partial charge on any atom is -0.396 e. The first-order valence-electron chi connectivity index (χ1n) is 9.99. The molecule has 4 atom stereocenters. The molecule has 3 heterocycles. The van der Waals surface area contributed by atoms with Crippen LogP contribution in [0.5, 0.6) is 0 Å². The predicted octanol–water partition coefficient (Wildman–Crippen LogP) is 0.665. The lowest BCUT2D eigenvalue weighted by molar-refractivity contribution is -0.147. The van der Waals surface area contributed by atoms with Gasteiger partial charge in [-0.15, -0.1) is 0 Å². The number of aliphatic hydroxyl groups is 1. The van der Waals surface area contributed by atoms with Crippen molar-refractivity contribution in [3.63, 3.8) is 0 Å². The van der Waals surface area contributed by atoms with Crippen molar-refractivity contribution in [3.8, 4) is 0 Å². The number of fused-ring (bicyclic) bond motifs is 3. The van der Waals surface area contributed by atoms with Gasteiger partial charge in [-0.3, -0.25) is 14.4 Å². The number of aromatic nitrogens is 1. The van der Waals surface area contributed by atoms with Gasteiger partial charge in [0.05, 0.1) is 6.04 Å². The van der Waals surface area contributed by atoms with E-state index in [1.54, 1.807) is 15.5 Å². The second-order valence-electron chi connectivity index (χ2n) is 7.96. The van der Waals surface area contributed by atoms with Gasteiger partial charge in [-0.05, 0) is 25.3 Å². The number of hydrogen-bond acceptors (Lipinski definition) is 4. The summed E-state index contributed by atoms with van der Waals surface area (Å²) in [4.78, 5) is 40.2. The summed E-state index contributed by atoms with van der Waals surface area (Å²) < 4.78 is 1.69. The molecule has 0 radical (unpaired) electrons. The quantitative estimate of drug-likeness (QED) is 0.793. The van der Waals surface area contributed by atoms with E-state index in [0.717, 1.165) is 31.4 Å². The Balaban J connectivity index is 1.76. The third-order valence-corrected chi connectivity index (χ3v) is 6.48. The van der Waals surface area contributed by atoms with Crippen molar-refractivity contribution in [2.45, 2.75) is 51.2 Å². The van der Waals surface area contributed by atoms with Crippen molar-refractivity contribution < 1.29 is 14.7 Å². The molecule has 1 aliphatic carbocycles. The van der Waals surface area contributed by atoms with Crippen LogP contribution in [-0.4, -0.2) is 45.6 Å². The Bertz CT molecular complexity index is 801. The molecule has 1 aromatic rings. The van der Waals surface area contributed by atoms with Gasteiger partial charge in [-0.1, -0.05) is 19.4 Å². The van der Waals surface area contributed by atoms with Gasteiger partial charge in [0.2, 0.25) is 11.8 Å². The molecule has 3 aliphatic rings. The molecule has 0 unspecified atom stereocenters. The summed E-state index contributed by atoms with van der Waals surface area (Å²) >= 11 is 0. The molecule has 27 heavy (non-hydrogen) atoms. The van der Waals surface area contributed by atoms with Crippen LogP contribution in [0.2, 0.25) is 0 Å². The van der Waals surface area contributed by atoms with Gasteiger partial charge in [0, 0.05) is 49.2 Å². The topological polar surface area (TPSA) is 91.6 Å². The number of carbonyl (C=O) groups is 2. The standard InChI is InChI=1S/C20H27N3O4/c1-2-9-21-19(26)18-14(11-24)13-10-22-15(7-4-8-16(22)25)17(13)23(18)20(27)12-5-3-6-12/h4,7-8,12-14,17-18,24H,2-3,5-6,9-11H2,1H3,(H,21,26)/t13-,14-,17+,18-/m1/s1. The highest BCUT2D eigenvalue weighted by molar-refractivity contribution is 5.90. The predicted molar refractivity (Wildman–Crippen MR) is 98.8 cm³/mol. The Morgan fingerprint density at radius 1 is 1.30 bits per heavy atom. The van der Waals surface area contributed by atoms with Crippen LogP contribution in [-0.2, 0) is 16.1 Å². The van der Waals surface area contributed by atoms with Crippen molar-refractivity contribution in [2.24, 2.45) is 17.8 Å². The van der Waals surface area contributed by atoms with E-state index in [0.29, 0.717) is 13.1 Å². The summed E-state index contributed by atoms with van der Waals surface area (Å²) in [5.74, 6) is -0.730. The van der Waals surface area contributed by atoms with E-state index in [4.69, 9.17) is 0 Å². The first kappa shape index (κ1) is 18.2. The van der Waals surface area contributed by atoms with E-state index in [1.807, 2.05) is 13.0 Å². The zero-order valence-corrected chi connectivity index (χ0v) is 15.6. The molecule has 0 bridgehead atoms. The molecule has 1 saturated carbocycles. The molecule has 1 saturated heterocycles. The average molecular weight is 373 g/mol. The van der Waals surface area contributed by atoms with Crippen molar-refractivity contribution >= 4 is 11.8 Å². The van der Waals surface area contributed by atoms with Gasteiger partial charge < -0.3 is 19.9 Å². The molecule has 7 nitrogen and oxygen atoms in total. The van der Waals surface area contributed by atoms with E-state index in [2.05, 4.69) is 5.32 Å². The van der Waals surface area contributed by atoms with Crippen LogP contribution in [0, 0.1) is 17.8 Å². The number of likely N-dealkylation sites (tertiary alicyclic amines) is 1. The van der Waals surface area contributed by atoms with Crippen LogP contribution in [0.15, 0.2) is 23.0 Å². The Morgan fingerprint density at radius 3 is 2.70 bits per heavy atom. The van der Waals surface area contributed by atoms with Gasteiger partial charge in [0.1, 0.15) is 6.04 Å².